The number of ether oxygens (including phenoxy) is 1. The number of H-pyrrole nitrogens is 1. The summed E-state index contributed by atoms with van der Waals surface area (Å²) in [5.74, 6) is 0.747. The number of aromatic amines is 1. The Balaban J connectivity index is 0.000000701. The predicted molar refractivity (Wildman–Crippen MR) is 98.1 cm³/mol. The number of benzene rings is 1. The smallest absolute Gasteiger partial charge is 0.204 e. The molecule has 8 heteroatoms. The van der Waals surface area contributed by atoms with E-state index in [4.69, 9.17) is 21.1 Å². The highest BCUT2D eigenvalue weighted by atomic mass is 35.5. The second-order valence-corrected chi connectivity index (χ2v) is 5.34. The Morgan fingerprint density at radius 3 is 2.72 bits per heavy atom. The number of pyridine rings is 1. The van der Waals surface area contributed by atoms with E-state index in [1.165, 1.54) is 0 Å². The molecule has 1 amide bonds. The van der Waals surface area contributed by atoms with Crippen LogP contribution in [0.2, 0.25) is 5.15 Å². The zero-order valence-electron chi connectivity index (χ0n) is 13.8. The van der Waals surface area contributed by atoms with E-state index in [0.717, 1.165) is 33.8 Å². The van der Waals surface area contributed by atoms with Crippen LogP contribution in [0.25, 0.3) is 11.1 Å². The number of amides is 1. The van der Waals surface area contributed by atoms with Crippen molar-refractivity contribution in [1.29, 1.82) is 0 Å². The van der Waals surface area contributed by atoms with Crippen LogP contribution >= 0.6 is 11.6 Å². The van der Waals surface area contributed by atoms with Crippen LogP contribution in [0.15, 0.2) is 42.9 Å². The molecule has 0 spiro atoms. The number of halogens is 1. The number of aromatic nitrogens is 3. The molecular formula is C17H18ClN5O2. The van der Waals surface area contributed by atoms with Crippen LogP contribution in [-0.4, -0.2) is 28.7 Å². The van der Waals surface area contributed by atoms with Crippen molar-refractivity contribution in [2.75, 3.05) is 12.4 Å². The summed E-state index contributed by atoms with van der Waals surface area (Å²) in [4.78, 5) is 12.6. The minimum Gasteiger partial charge on any atom is -0.494 e. The first-order valence-corrected chi connectivity index (χ1v) is 7.69. The summed E-state index contributed by atoms with van der Waals surface area (Å²) >= 11 is 5.97. The van der Waals surface area contributed by atoms with Gasteiger partial charge < -0.3 is 15.8 Å². The van der Waals surface area contributed by atoms with Crippen LogP contribution in [0.3, 0.4) is 0 Å². The number of nitrogens with two attached hydrogens (primary N) is 1. The highest BCUT2D eigenvalue weighted by Gasteiger charge is 2.12. The van der Waals surface area contributed by atoms with Crippen LogP contribution in [0, 0.1) is 6.92 Å². The van der Waals surface area contributed by atoms with Crippen molar-refractivity contribution in [3.05, 3.63) is 53.6 Å². The molecule has 0 aliphatic carbocycles. The molecule has 4 N–H and O–H groups in total. The first-order chi connectivity index (χ1) is 12.1. The van der Waals surface area contributed by atoms with Gasteiger partial charge >= 0.3 is 0 Å². The Morgan fingerprint density at radius 2 is 2.08 bits per heavy atom. The zero-order chi connectivity index (χ0) is 18.2. The average molecular weight is 360 g/mol. The number of methoxy groups -OCH3 is 1. The number of nitrogens with zero attached hydrogens (tertiary/aromatic N) is 2. The van der Waals surface area contributed by atoms with E-state index in [1.807, 2.05) is 31.3 Å². The lowest BCUT2D eigenvalue weighted by molar-refractivity contribution is -0.106. The molecule has 0 fully saturated rings. The van der Waals surface area contributed by atoms with Crippen LogP contribution in [0.5, 0.6) is 5.75 Å². The lowest BCUT2D eigenvalue weighted by Gasteiger charge is -2.15. The molecule has 130 valence electrons. The second-order valence-electron chi connectivity index (χ2n) is 4.96. The van der Waals surface area contributed by atoms with E-state index in [9.17, 15) is 0 Å². The normalized spacial score (nSPS) is 9.72. The number of carbonyl (C=O) groups excluding carboxylic acids is 1. The Labute approximate surface area is 150 Å². The fourth-order valence-electron chi connectivity index (χ4n) is 2.26. The van der Waals surface area contributed by atoms with Crippen LogP contribution in [0.1, 0.15) is 5.56 Å². The highest BCUT2D eigenvalue weighted by Crippen LogP contribution is 2.38. The molecule has 3 rings (SSSR count). The number of primary amides is 1. The molecule has 0 aliphatic heterocycles. The van der Waals surface area contributed by atoms with Crippen molar-refractivity contribution < 1.29 is 9.53 Å². The van der Waals surface area contributed by atoms with Crippen LogP contribution in [-0.2, 0) is 4.79 Å². The summed E-state index contributed by atoms with van der Waals surface area (Å²) in [5, 5.41) is 10.6. The summed E-state index contributed by atoms with van der Waals surface area (Å²) in [5.41, 5.74) is 8.83. The molecule has 0 aliphatic rings. The summed E-state index contributed by atoms with van der Waals surface area (Å²) < 4.78 is 5.59. The molecule has 2 heterocycles. The predicted octanol–water partition coefficient (Wildman–Crippen LogP) is 3.29. The molecule has 0 unspecified atom stereocenters. The van der Waals surface area contributed by atoms with Gasteiger partial charge in [-0.15, -0.1) is 0 Å². The van der Waals surface area contributed by atoms with Crippen molar-refractivity contribution in [3.63, 3.8) is 0 Å². The second kappa shape index (κ2) is 8.70. The monoisotopic (exact) mass is 359 g/mol. The van der Waals surface area contributed by atoms with Gasteiger partial charge in [-0.05, 0) is 24.6 Å². The summed E-state index contributed by atoms with van der Waals surface area (Å²) in [6.45, 7) is 1.97. The van der Waals surface area contributed by atoms with Crippen LogP contribution < -0.4 is 15.8 Å². The number of carbonyl (C=O) groups is 1. The van der Waals surface area contributed by atoms with E-state index >= 15 is 0 Å². The van der Waals surface area contributed by atoms with Crippen LogP contribution in [0.4, 0.5) is 11.4 Å². The molecule has 7 nitrogen and oxygen atoms in total. The number of para-hydroxylation sites is 1. The molecule has 0 saturated carbocycles. The Morgan fingerprint density at radius 1 is 1.32 bits per heavy atom. The van der Waals surface area contributed by atoms with Gasteiger partial charge in [-0.3, -0.25) is 9.89 Å². The Hall–Kier alpha value is -3.06. The van der Waals surface area contributed by atoms with Crippen molar-refractivity contribution in [2.45, 2.75) is 6.92 Å². The molecule has 3 aromatic rings. The zero-order valence-corrected chi connectivity index (χ0v) is 14.5. The molecule has 0 saturated heterocycles. The molecular weight excluding hydrogens is 342 g/mol. The van der Waals surface area contributed by atoms with Crippen molar-refractivity contribution in [2.24, 2.45) is 5.73 Å². The quantitative estimate of drug-likeness (QED) is 0.489. The number of hydrogen-bond donors (Lipinski definition) is 3. The van der Waals surface area contributed by atoms with Gasteiger partial charge in [-0.2, -0.15) is 5.10 Å². The maximum atomic E-state index is 8.58. The molecule has 0 bridgehead atoms. The third kappa shape index (κ3) is 4.48. The first kappa shape index (κ1) is 18.3. The maximum Gasteiger partial charge on any atom is 0.204 e. The van der Waals surface area contributed by atoms with Crippen molar-refractivity contribution in [1.82, 2.24) is 15.2 Å². The molecule has 1 aromatic carbocycles. The van der Waals surface area contributed by atoms with E-state index < -0.39 is 0 Å². The SMILES string of the molecule is COc1c(Nc2cc(Cl)ncc2C)cccc1-c1cn[nH]c1.NC=O. The van der Waals surface area contributed by atoms with Crippen molar-refractivity contribution >= 4 is 29.4 Å². The highest BCUT2D eigenvalue weighted by molar-refractivity contribution is 6.29. The number of anilines is 2. The first-order valence-electron chi connectivity index (χ1n) is 7.31. The summed E-state index contributed by atoms with van der Waals surface area (Å²) in [6, 6.07) is 7.70. The van der Waals surface area contributed by atoms with Gasteiger partial charge in [0.2, 0.25) is 6.41 Å². The van der Waals surface area contributed by atoms with E-state index in [-0.39, 0.29) is 6.41 Å². The largest absolute Gasteiger partial charge is 0.494 e. The fraction of sp³-hybridized carbons (Fsp3) is 0.118. The number of aryl methyl sites for hydroxylation is 1. The van der Waals surface area contributed by atoms with Gasteiger partial charge in [0.1, 0.15) is 10.9 Å². The minimum atomic E-state index is 0.250. The van der Waals surface area contributed by atoms with E-state index in [0.29, 0.717) is 5.15 Å². The van der Waals surface area contributed by atoms with E-state index in [1.54, 1.807) is 25.6 Å². The van der Waals surface area contributed by atoms with Gasteiger partial charge in [0.25, 0.3) is 0 Å². The lowest BCUT2D eigenvalue weighted by Crippen LogP contribution is -1.98. The summed E-state index contributed by atoms with van der Waals surface area (Å²) in [6.07, 6.45) is 5.57. The van der Waals surface area contributed by atoms with Crippen molar-refractivity contribution in [3.8, 4) is 16.9 Å². The average Bonchev–Trinajstić information content (AvgIpc) is 3.13. The van der Waals surface area contributed by atoms with Gasteiger partial charge in [-0.25, -0.2) is 4.98 Å². The molecule has 0 radical (unpaired) electrons. The van der Waals surface area contributed by atoms with Gasteiger partial charge in [0.05, 0.1) is 19.0 Å². The Bertz CT molecular complexity index is 837. The standard InChI is InChI=1S/C16H15ClN4O.CH3NO/c1-10-7-18-15(17)6-14(10)21-13-5-3-4-12(16(13)22-2)11-8-19-20-9-11;2-1-3/h3-9H,1-2H3,(H,18,21)(H,19,20);1H,(H2,2,3). The maximum absolute atomic E-state index is 8.58. The molecule has 2 aromatic heterocycles. The molecule has 25 heavy (non-hydrogen) atoms. The Kier molecular flexibility index (Phi) is 6.36. The number of hydrogen-bond acceptors (Lipinski definition) is 5. The lowest BCUT2D eigenvalue weighted by atomic mass is 10.1. The minimum absolute atomic E-state index is 0.250. The molecule has 0 atom stereocenters. The van der Waals surface area contributed by atoms with Gasteiger partial charge in [0.15, 0.2) is 0 Å². The summed E-state index contributed by atoms with van der Waals surface area (Å²) in [7, 11) is 1.65. The number of rotatable bonds is 4. The van der Waals surface area contributed by atoms with Gasteiger partial charge in [0, 0.05) is 29.2 Å². The topological polar surface area (TPSA) is 106 Å². The third-order valence-corrected chi connectivity index (χ3v) is 3.57. The van der Waals surface area contributed by atoms with Gasteiger partial charge in [-0.1, -0.05) is 23.7 Å². The fourth-order valence-corrected chi connectivity index (χ4v) is 2.42. The van der Waals surface area contributed by atoms with E-state index in [2.05, 4.69) is 26.2 Å². The number of nitrogens with one attached hydrogen (secondary N) is 2. The third-order valence-electron chi connectivity index (χ3n) is 3.37.